The van der Waals surface area contributed by atoms with Crippen LogP contribution in [0.25, 0.3) is 10.9 Å². The standard InChI is InChI=1S/C18H23N3OS/c1-11(22)16-10-23-18(21-16)15-9-12-5-4-8-14(17(12)20-15)19-13-6-2-3-7-13/h4-5,8-9,11,13,16,19-20,22H,2-3,6-7,10H2,1H3. The van der Waals surface area contributed by atoms with E-state index in [1.54, 1.807) is 11.8 Å². The number of aliphatic hydroxyl groups excluding tert-OH is 1. The molecule has 1 aliphatic heterocycles. The molecule has 4 rings (SSSR count). The van der Waals surface area contributed by atoms with E-state index >= 15 is 0 Å². The number of para-hydroxylation sites is 1. The summed E-state index contributed by atoms with van der Waals surface area (Å²) in [4.78, 5) is 8.21. The molecule has 2 aliphatic rings. The molecule has 0 spiro atoms. The smallest absolute Gasteiger partial charge is 0.115 e. The summed E-state index contributed by atoms with van der Waals surface area (Å²) in [6.45, 7) is 1.81. The van der Waals surface area contributed by atoms with E-state index in [0.29, 0.717) is 6.04 Å². The molecule has 1 aliphatic carbocycles. The topological polar surface area (TPSA) is 60.4 Å². The first-order valence-electron chi connectivity index (χ1n) is 8.48. The second-order valence-corrected chi connectivity index (χ2v) is 7.64. The Kier molecular flexibility index (Phi) is 4.07. The summed E-state index contributed by atoms with van der Waals surface area (Å²) in [7, 11) is 0. The van der Waals surface area contributed by atoms with E-state index in [1.165, 1.54) is 36.8 Å². The third-order valence-corrected chi connectivity index (χ3v) is 5.94. The molecule has 1 aromatic heterocycles. The van der Waals surface area contributed by atoms with Gasteiger partial charge < -0.3 is 15.4 Å². The number of thioether (sulfide) groups is 1. The van der Waals surface area contributed by atoms with Crippen LogP contribution >= 0.6 is 11.8 Å². The number of anilines is 1. The maximum absolute atomic E-state index is 9.72. The fourth-order valence-electron chi connectivity index (χ4n) is 3.47. The number of fused-ring (bicyclic) bond motifs is 1. The van der Waals surface area contributed by atoms with Crippen LogP contribution in [0, 0.1) is 0 Å². The van der Waals surface area contributed by atoms with Crippen LogP contribution in [-0.4, -0.2) is 39.1 Å². The van der Waals surface area contributed by atoms with Crippen LogP contribution in [0.2, 0.25) is 0 Å². The van der Waals surface area contributed by atoms with Gasteiger partial charge in [0.15, 0.2) is 0 Å². The van der Waals surface area contributed by atoms with E-state index in [2.05, 4.69) is 39.6 Å². The molecule has 0 amide bonds. The molecule has 3 N–H and O–H groups in total. The van der Waals surface area contributed by atoms with Gasteiger partial charge in [-0.15, -0.1) is 11.8 Å². The van der Waals surface area contributed by atoms with Crippen molar-refractivity contribution in [2.24, 2.45) is 4.99 Å². The van der Waals surface area contributed by atoms with Gasteiger partial charge in [0.05, 0.1) is 29.0 Å². The lowest BCUT2D eigenvalue weighted by molar-refractivity contribution is 0.174. The van der Waals surface area contributed by atoms with Crippen LogP contribution in [0.4, 0.5) is 5.69 Å². The highest BCUT2D eigenvalue weighted by Gasteiger charge is 2.24. The van der Waals surface area contributed by atoms with Gasteiger partial charge in [-0.2, -0.15) is 0 Å². The first-order chi connectivity index (χ1) is 11.2. The SMILES string of the molecule is CC(O)C1CSC(c2cc3cccc(NC4CCCC4)c3[nH]2)=N1. The van der Waals surface area contributed by atoms with Gasteiger partial charge in [-0.1, -0.05) is 25.0 Å². The van der Waals surface area contributed by atoms with Crippen molar-refractivity contribution < 1.29 is 5.11 Å². The number of aromatic amines is 1. The van der Waals surface area contributed by atoms with Crippen LogP contribution in [0.1, 0.15) is 38.3 Å². The average Bonchev–Trinajstić information content (AvgIpc) is 3.27. The fraction of sp³-hybridized carbons (Fsp3) is 0.500. The highest BCUT2D eigenvalue weighted by atomic mass is 32.2. The predicted octanol–water partition coefficient (Wildman–Crippen LogP) is 3.77. The van der Waals surface area contributed by atoms with Crippen molar-refractivity contribution in [3.63, 3.8) is 0 Å². The quantitative estimate of drug-likeness (QED) is 0.800. The molecule has 122 valence electrons. The van der Waals surface area contributed by atoms with Gasteiger partial charge in [0.2, 0.25) is 0 Å². The van der Waals surface area contributed by atoms with E-state index in [-0.39, 0.29) is 12.1 Å². The van der Waals surface area contributed by atoms with E-state index in [1.807, 2.05) is 6.92 Å². The Balaban J connectivity index is 1.64. The Hall–Kier alpha value is -1.46. The lowest BCUT2D eigenvalue weighted by Crippen LogP contribution is -2.20. The molecule has 1 aromatic carbocycles. The third-order valence-electron chi connectivity index (χ3n) is 4.83. The number of nitrogens with zero attached hydrogens (tertiary/aromatic N) is 1. The molecule has 2 atom stereocenters. The number of aromatic nitrogens is 1. The summed E-state index contributed by atoms with van der Waals surface area (Å²) in [5.41, 5.74) is 3.42. The van der Waals surface area contributed by atoms with E-state index in [9.17, 15) is 5.11 Å². The Bertz CT molecular complexity index is 731. The van der Waals surface area contributed by atoms with Crippen molar-refractivity contribution in [1.29, 1.82) is 0 Å². The monoisotopic (exact) mass is 329 g/mol. The minimum Gasteiger partial charge on any atom is -0.391 e. The van der Waals surface area contributed by atoms with E-state index < -0.39 is 0 Å². The van der Waals surface area contributed by atoms with Gasteiger partial charge >= 0.3 is 0 Å². The minimum atomic E-state index is -0.385. The number of benzene rings is 1. The summed E-state index contributed by atoms with van der Waals surface area (Å²) in [5, 5.41) is 15.6. The number of aliphatic imine (C=N–C) groups is 1. The van der Waals surface area contributed by atoms with Crippen molar-refractivity contribution in [3.05, 3.63) is 30.0 Å². The summed E-state index contributed by atoms with van der Waals surface area (Å²) >= 11 is 1.72. The maximum atomic E-state index is 9.72. The Morgan fingerprint density at radius 1 is 1.35 bits per heavy atom. The lowest BCUT2D eigenvalue weighted by Gasteiger charge is -2.14. The van der Waals surface area contributed by atoms with Crippen molar-refractivity contribution in [1.82, 2.24) is 4.98 Å². The molecular weight excluding hydrogens is 306 g/mol. The maximum Gasteiger partial charge on any atom is 0.115 e. The minimum absolute atomic E-state index is 0.0116. The van der Waals surface area contributed by atoms with Crippen molar-refractivity contribution in [2.45, 2.75) is 50.8 Å². The molecule has 2 aromatic rings. The highest BCUT2D eigenvalue weighted by molar-refractivity contribution is 8.14. The largest absolute Gasteiger partial charge is 0.391 e. The molecule has 0 saturated heterocycles. The Morgan fingerprint density at radius 3 is 2.91 bits per heavy atom. The molecule has 0 radical (unpaired) electrons. The first kappa shape index (κ1) is 15.1. The zero-order valence-corrected chi connectivity index (χ0v) is 14.2. The third kappa shape index (κ3) is 3.00. The molecule has 2 heterocycles. The van der Waals surface area contributed by atoms with Crippen LogP contribution in [-0.2, 0) is 0 Å². The molecule has 5 heteroatoms. The van der Waals surface area contributed by atoms with Gasteiger partial charge in [-0.25, -0.2) is 0 Å². The second kappa shape index (κ2) is 6.21. The summed E-state index contributed by atoms with van der Waals surface area (Å²) in [5.74, 6) is 0.857. The molecule has 23 heavy (non-hydrogen) atoms. The van der Waals surface area contributed by atoms with Crippen molar-refractivity contribution >= 4 is 33.4 Å². The van der Waals surface area contributed by atoms with Crippen LogP contribution in [0.5, 0.6) is 0 Å². The number of H-pyrrole nitrogens is 1. The molecule has 0 bridgehead atoms. The van der Waals surface area contributed by atoms with Crippen LogP contribution < -0.4 is 5.32 Å². The predicted molar refractivity (Wildman–Crippen MR) is 98.6 cm³/mol. The average molecular weight is 329 g/mol. The van der Waals surface area contributed by atoms with Crippen molar-refractivity contribution in [3.8, 4) is 0 Å². The number of aliphatic hydroxyl groups is 1. The Labute approximate surface area is 140 Å². The van der Waals surface area contributed by atoms with Crippen LogP contribution in [0.15, 0.2) is 29.3 Å². The zero-order valence-electron chi connectivity index (χ0n) is 13.4. The van der Waals surface area contributed by atoms with Gasteiger partial charge in [-0.3, -0.25) is 4.99 Å². The second-order valence-electron chi connectivity index (χ2n) is 6.63. The summed E-state index contributed by atoms with van der Waals surface area (Å²) < 4.78 is 0. The van der Waals surface area contributed by atoms with Gasteiger partial charge in [0, 0.05) is 17.2 Å². The van der Waals surface area contributed by atoms with Crippen LogP contribution in [0.3, 0.4) is 0 Å². The molecule has 1 fully saturated rings. The number of rotatable bonds is 4. The summed E-state index contributed by atoms with van der Waals surface area (Å²) in [6, 6.07) is 9.19. The molecule has 4 nitrogen and oxygen atoms in total. The van der Waals surface area contributed by atoms with Gasteiger partial charge in [0.1, 0.15) is 5.04 Å². The Morgan fingerprint density at radius 2 is 2.17 bits per heavy atom. The molecule has 1 saturated carbocycles. The van der Waals surface area contributed by atoms with Gasteiger partial charge in [0.25, 0.3) is 0 Å². The molecular formula is C18H23N3OS. The van der Waals surface area contributed by atoms with Gasteiger partial charge in [-0.05, 0) is 31.9 Å². The lowest BCUT2D eigenvalue weighted by atomic mass is 10.2. The number of nitrogens with one attached hydrogen (secondary N) is 2. The first-order valence-corrected chi connectivity index (χ1v) is 9.46. The fourth-order valence-corrected chi connectivity index (χ4v) is 4.62. The van der Waals surface area contributed by atoms with E-state index in [0.717, 1.165) is 22.0 Å². The highest BCUT2D eigenvalue weighted by Crippen LogP contribution is 2.31. The van der Waals surface area contributed by atoms with E-state index in [4.69, 9.17) is 0 Å². The molecule has 2 unspecified atom stereocenters. The summed E-state index contributed by atoms with van der Waals surface area (Å²) in [6.07, 6.45) is 4.81. The normalized spacial score (nSPS) is 23.4. The number of hydrogen-bond acceptors (Lipinski definition) is 4. The number of hydrogen-bond donors (Lipinski definition) is 3. The zero-order chi connectivity index (χ0) is 15.8. The van der Waals surface area contributed by atoms with Crippen molar-refractivity contribution in [2.75, 3.05) is 11.1 Å².